The standard InChI is InChI=1S/C7H16N4OSi/c1-13(2)4-3-12-6-11-5-7(8)9-10-11/h5,13H,3-4,6,8H2,1-2H3. The first-order valence-corrected chi connectivity index (χ1v) is 7.54. The van der Waals surface area contributed by atoms with Crippen molar-refractivity contribution in [1.29, 1.82) is 0 Å². The molecule has 5 nitrogen and oxygen atoms in total. The lowest BCUT2D eigenvalue weighted by Gasteiger charge is -2.04. The van der Waals surface area contributed by atoms with E-state index in [2.05, 4.69) is 23.4 Å². The largest absolute Gasteiger partial charge is 0.381 e. The second-order valence-electron chi connectivity index (χ2n) is 3.40. The van der Waals surface area contributed by atoms with Crippen LogP contribution in [0, 0.1) is 0 Å². The number of nitrogens with two attached hydrogens (primary N) is 1. The van der Waals surface area contributed by atoms with Crippen molar-refractivity contribution in [2.24, 2.45) is 0 Å². The van der Waals surface area contributed by atoms with E-state index in [0.29, 0.717) is 12.5 Å². The lowest BCUT2D eigenvalue weighted by Crippen LogP contribution is -2.08. The number of hydrogen-bond acceptors (Lipinski definition) is 4. The first-order chi connectivity index (χ1) is 6.18. The van der Waals surface area contributed by atoms with Crippen LogP contribution >= 0.6 is 0 Å². The molecule has 0 fully saturated rings. The molecule has 0 spiro atoms. The van der Waals surface area contributed by atoms with Gasteiger partial charge >= 0.3 is 0 Å². The average Bonchev–Trinajstić information content (AvgIpc) is 2.45. The SMILES string of the molecule is C[SiH](C)CCOCn1cc(N)nn1. The molecule has 1 rings (SSSR count). The second kappa shape index (κ2) is 4.98. The molecule has 2 N–H and O–H groups in total. The Kier molecular flexibility index (Phi) is 3.91. The predicted octanol–water partition coefficient (Wildman–Crippen LogP) is 0.321. The van der Waals surface area contributed by atoms with E-state index in [0.717, 1.165) is 6.61 Å². The summed E-state index contributed by atoms with van der Waals surface area (Å²) in [4.78, 5) is 0. The molecular formula is C7H16N4OSi. The quantitative estimate of drug-likeness (QED) is 0.549. The van der Waals surface area contributed by atoms with E-state index < -0.39 is 8.80 Å². The summed E-state index contributed by atoms with van der Waals surface area (Å²) in [5, 5.41) is 7.41. The van der Waals surface area contributed by atoms with E-state index in [-0.39, 0.29) is 0 Å². The number of aromatic nitrogens is 3. The van der Waals surface area contributed by atoms with E-state index in [1.54, 1.807) is 10.9 Å². The maximum absolute atomic E-state index is 5.39. The van der Waals surface area contributed by atoms with Crippen molar-refractivity contribution in [2.75, 3.05) is 12.3 Å². The van der Waals surface area contributed by atoms with E-state index in [1.165, 1.54) is 6.04 Å². The van der Waals surface area contributed by atoms with Gasteiger partial charge < -0.3 is 10.5 Å². The Hall–Kier alpha value is -0.883. The summed E-state index contributed by atoms with van der Waals surface area (Å²) in [6.45, 7) is 5.86. The average molecular weight is 200 g/mol. The summed E-state index contributed by atoms with van der Waals surface area (Å²) < 4.78 is 6.98. The van der Waals surface area contributed by atoms with Crippen molar-refractivity contribution in [2.45, 2.75) is 25.9 Å². The van der Waals surface area contributed by atoms with Crippen LogP contribution in [0.5, 0.6) is 0 Å². The zero-order valence-electron chi connectivity index (χ0n) is 8.10. The molecule has 0 radical (unpaired) electrons. The van der Waals surface area contributed by atoms with Crippen molar-refractivity contribution >= 4 is 14.6 Å². The van der Waals surface area contributed by atoms with E-state index >= 15 is 0 Å². The number of hydrogen-bond donors (Lipinski definition) is 1. The second-order valence-corrected chi connectivity index (χ2v) is 6.77. The summed E-state index contributed by atoms with van der Waals surface area (Å²) >= 11 is 0. The maximum atomic E-state index is 5.39. The van der Waals surface area contributed by atoms with Crippen molar-refractivity contribution in [3.05, 3.63) is 6.20 Å². The van der Waals surface area contributed by atoms with Gasteiger partial charge in [0.2, 0.25) is 0 Å². The summed E-state index contributed by atoms with van der Waals surface area (Å²) in [5.41, 5.74) is 5.39. The highest BCUT2D eigenvalue weighted by Crippen LogP contribution is 1.95. The fourth-order valence-corrected chi connectivity index (χ4v) is 1.49. The molecule has 0 unspecified atom stereocenters. The van der Waals surface area contributed by atoms with E-state index in [1.807, 2.05) is 0 Å². The van der Waals surface area contributed by atoms with Gasteiger partial charge in [-0.2, -0.15) is 0 Å². The van der Waals surface area contributed by atoms with Gasteiger partial charge in [-0.05, 0) is 6.04 Å². The maximum Gasteiger partial charge on any atom is 0.166 e. The van der Waals surface area contributed by atoms with Gasteiger partial charge in [0.25, 0.3) is 0 Å². The van der Waals surface area contributed by atoms with Gasteiger partial charge in [-0.1, -0.05) is 18.3 Å². The zero-order chi connectivity index (χ0) is 9.68. The monoisotopic (exact) mass is 200 g/mol. The zero-order valence-corrected chi connectivity index (χ0v) is 9.26. The fraction of sp³-hybridized carbons (Fsp3) is 0.714. The van der Waals surface area contributed by atoms with Crippen LogP contribution in [-0.4, -0.2) is 30.4 Å². The first kappa shape index (κ1) is 10.2. The molecule has 1 aromatic heterocycles. The molecule has 0 atom stereocenters. The van der Waals surface area contributed by atoms with Gasteiger partial charge in [0.15, 0.2) is 5.82 Å². The highest BCUT2D eigenvalue weighted by Gasteiger charge is 1.97. The van der Waals surface area contributed by atoms with Crippen LogP contribution in [0.15, 0.2) is 6.20 Å². The Morgan fingerprint density at radius 1 is 1.62 bits per heavy atom. The Bertz CT molecular complexity index is 250. The molecular weight excluding hydrogens is 184 g/mol. The molecule has 74 valence electrons. The highest BCUT2D eigenvalue weighted by molar-refractivity contribution is 6.55. The number of rotatable bonds is 5. The minimum absolute atomic E-state index is 0.432. The Balaban J connectivity index is 2.13. The summed E-state index contributed by atoms with van der Waals surface area (Å²) in [5.74, 6) is 0.432. The molecule has 0 saturated heterocycles. The molecule has 0 bridgehead atoms. The Morgan fingerprint density at radius 3 is 2.92 bits per heavy atom. The van der Waals surface area contributed by atoms with Crippen molar-refractivity contribution in [1.82, 2.24) is 15.0 Å². The third-order valence-corrected chi connectivity index (χ3v) is 3.01. The molecule has 0 aliphatic heterocycles. The van der Waals surface area contributed by atoms with Crippen LogP contribution in [-0.2, 0) is 11.5 Å². The van der Waals surface area contributed by atoms with Crippen molar-refractivity contribution < 1.29 is 4.74 Å². The van der Waals surface area contributed by atoms with Gasteiger partial charge in [-0.3, -0.25) is 0 Å². The number of ether oxygens (including phenoxy) is 1. The minimum atomic E-state index is -0.486. The smallest absolute Gasteiger partial charge is 0.166 e. The molecule has 0 aliphatic rings. The molecule has 0 aliphatic carbocycles. The van der Waals surface area contributed by atoms with Crippen molar-refractivity contribution in [3.63, 3.8) is 0 Å². The van der Waals surface area contributed by atoms with Crippen LogP contribution in [0.3, 0.4) is 0 Å². The minimum Gasteiger partial charge on any atom is -0.381 e. The summed E-state index contributed by atoms with van der Waals surface area (Å²) in [7, 11) is -0.486. The Labute approximate surface area is 79.5 Å². The van der Waals surface area contributed by atoms with Gasteiger partial charge in [0, 0.05) is 15.4 Å². The number of nitrogen functional groups attached to an aromatic ring is 1. The van der Waals surface area contributed by atoms with Crippen LogP contribution in [0.2, 0.25) is 19.1 Å². The molecule has 0 saturated carbocycles. The third kappa shape index (κ3) is 4.04. The van der Waals surface area contributed by atoms with E-state index in [4.69, 9.17) is 10.5 Å². The van der Waals surface area contributed by atoms with Crippen molar-refractivity contribution in [3.8, 4) is 0 Å². The molecule has 1 heterocycles. The van der Waals surface area contributed by atoms with Crippen LogP contribution in [0.25, 0.3) is 0 Å². The van der Waals surface area contributed by atoms with Crippen LogP contribution in [0.4, 0.5) is 5.82 Å². The van der Waals surface area contributed by atoms with Gasteiger partial charge in [-0.15, -0.1) is 5.10 Å². The number of nitrogens with zero attached hydrogens (tertiary/aromatic N) is 3. The lowest BCUT2D eigenvalue weighted by atomic mass is 10.8. The fourth-order valence-electron chi connectivity index (χ4n) is 0.854. The molecule has 13 heavy (non-hydrogen) atoms. The molecule has 1 aromatic rings. The Morgan fingerprint density at radius 2 is 2.38 bits per heavy atom. The van der Waals surface area contributed by atoms with Gasteiger partial charge in [0.1, 0.15) is 6.73 Å². The summed E-state index contributed by atoms with van der Waals surface area (Å²) in [6, 6.07) is 1.20. The normalized spacial score (nSPS) is 11.0. The predicted molar refractivity (Wildman–Crippen MR) is 54.1 cm³/mol. The van der Waals surface area contributed by atoms with Gasteiger partial charge in [0.05, 0.1) is 6.20 Å². The molecule has 6 heteroatoms. The summed E-state index contributed by atoms with van der Waals surface area (Å²) in [6.07, 6.45) is 1.66. The topological polar surface area (TPSA) is 66.0 Å². The van der Waals surface area contributed by atoms with Crippen LogP contribution < -0.4 is 5.73 Å². The molecule has 0 amide bonds. The number of anilines is 1. The molecule has 0 aromatic carbocycles. The highest BCUT2D eigenvalue weighted by atomic mass is 28.3. The van der Waals surface area contributed by atoms with E-state index in [9.17, 15) is 0 Å². The van der Waals surface area contributed by atoms with Crippen LogP contribution in [0.1, 0.15) is 0 Å². The van der Waals surface area contributed by atoms with Gasteiger partial charge in [-0.25, -0.2) is 4.68 Å². The third-order valence-electron chi connectivity index (χ3n) is 1.62. The first-order valence-electron chi connectivity index (χ1n) is 4.42. The lowest BCUT2D eigenvalue weighted by molar-refractivity contribution is 0.0776.